The molecule has 2 heterocycles. The molecule has 1 amide bonds. The van der Waals surface area contributed by atoms with E-state index in [0.29, 0.717) is 13.1 Å². The van der Waals surface area contributed by atoms with Crippen molar-refractivity contribution in [3.63, 3.8) is 0 Å². The van der Waals surface area contributed by atoms with Crippen LogP contribution in [0.25, 0.3) is 0 Å². The first-order valence-electron chi connectivity index (χ1n) is 5.32. The molecule has 0 saturated carbocycles. The Morgan fingerprint density at radius 3 is 3.00 bits per heavy atom. The van der Waals surface area contributed by atoms with Crippen LogP contribution in [0.4, 0.5) is 0 Å². The topological polar surface area (TPSA) is 120 Å². The van der Waals surface area contributed by atoms with Gasteiger partial charge in [0.25, 0.3) is 5.91 Å². The van der Waals surface area contributed by atoms with Gasteiger partial charge in [-0.05, 0) is 6.08 Å². The van der Waals surface area contributed by atoms with E-state index in [0.717, 1.165) is 5.41 Å². The zero-order valence-electron chi connectivity index (χ0n) is 9.48. The number of nitrogens with zero attached hydrogens (tertiary/aromatic N) is 3. The van der Waals surface area contributed by atoms with Gasteiger partial charge in [-0.3, -0.25) is 9.48 Å². The van der Waals surface area contributed by atoms with E-state index in [1.165, 1.54) is 17.0 Å². The Labute approximate surface area is 104 Å². The molecule has 2 rings (SSSR count). The Morgan fingerprint density at radius 2 is 2.39 bits per heavy atom. The maximum absolute atomic E-state index is 11.7. The zero-order valence-corrected chi connectivity index (χ0v) is 10.3. The van der Waals surface area contributed by atoms with E-state index in [1.54, 1.807) is 0 Å². The van der Waals surface area contributed by atoms with Gasteiger partial charge < -0.3 is 11.1 Å². The molecule has 1 aliphatic heterocycles. The van der Waals surface area contributed by atoms with Gasteiger partial charge in [-0.15, -0.1) is 5.10 Å². The Kier molecular flexibility index (Phi) is 3.43. The van der Waals surface area contributed by atoms with Crippen LogP contribution in [0.5, 0.6) is 0 Å². The molecule has 1 aromatic rings. The second-order valence-corrected chi connectivity index (χ2v) is 5.82. The van der Waals surface area contributed by atoms with Crippen molar-refractivity contribution in [3.05, 3.63) is 23.4 Å². The van der Waals surface area contributed by atoms with E-state index in [1.807, 2.05) is 0 Å². The molecular weight excluding hydrogens is 258 g/mol. The fourth-order valence-electron chi connectivity index (χ4n) is 1.55. The maximum atomic E-state index is 11.7. The molecule has 1 atom stereocenters. The first-order valence-corrected chi connectivity index (χ1v) is 7.04. The summed E-state index contributed by atoms with van der Waals surface area (Å²) >= 11 is 0. The second-order valence-electron chi connectivity index (χ2n) is 3.89. The molecule has 9 heteroatoms. The number of nitrogens with one attached hydrogen (secondary N) is 1. The van der Waals surface area contributed by atoms with E-state index in [-0.39, 0.29) is 11.4 Å². The minimum absolute atomic E-state index is 0.115. The lowest BCUT2D eigenvalue weighted by Crippen LogP contribution is -2.35. The van der Waals surface area contributed by atoms with Crippen LogP contribution in [0.1, 0.15) is 10.5 Å². The summed E-state index contributed by atoms with van der Waals surface area (Å²) in [6, 6.07) is -0.512. The SMILES string of the molecule is NCCn1cc(C(=O)NC2C=CS(=O)(=O)C2)nn1. The Bertz CT molecular complexity index is 577. The number of rotatable bonds is 4. The third-order valence-corrected chi connectivity index (χ3v) is 3.77. The number of carbonyl (C=O) groups is 1. The summed E-state index contributed by atoms with van der Waals surface area (Å²) in [5.41, 5.74) is 5.48. The molecule has 0 aromatic carbocycles. The summed E-state index contributed by atoms with van der Waals surface area (Å²) in [5, 5.41) is 11.1. The number of sulfone groups is 1. The van der Waals surface area contributed by atoms with E-state index in [9.17, 15) is 13.2 Å². The number of nitrogens with two attached hydrogens (primary N) is 1. The van der Waals surface area contributed by atoms with Crippen LogP contribution in [0, 0.1) is 0 Å². The first kappa shape index (κ1) is 12.7. The molecule has 3 N–H and O–H groups in total. The highest BCUT2D eigenvalue weighted by molar-refractivity contribution is 7.94. The van der Waals surface area contributed by atoms with Crippen LogP contribution in [0.15, 0.2) is 17.7 Å². The van der Waals surface area contributed by atoms with E-state index >= 15 is 0 Å². The lowest BCUT2D eigenvalue weighted by Gasteiger charge is -2.07. The van der Waals surface area contributed by atoms with Gasteiger partial charge in [-0.1, -0.05) is 5.21 Å². The van der Waals surface area contributed by atoms with Gasteiger partial charge in [0.05, 0.1) is 24.5 Å². The van der Waals surface area contributed by atoms with Crippen LogP contribution in [0.3, 0.4) is 0 Å². The van der Waals surface area contributed by atoms with E-state index < -0.39 is 21.8 Å². The van der Waals surface area contributed by atoms with Crippen molar-refractivity contribution in [2.24, 2.45) is 5.73 Å². The van der Waals surface area contributed by atoms with Crippen LogP contribution in [-0.4, -0.2) is 47.7 Å². The Balaban J connectivity index is 1.98. The molecule has 1 aliphatic rings. The van der Waals surface area contributed by atoms with Crippen LogP contribution in [-0.2, 0) is 16.4 Å². The average molecular weight is 271 g/mol. The van der Waals surface area contributed by atoms with Gasteiger partial charge in [0.1, 0.15) is 0 Å². The highest BCUT2D eigenvalue weighted by atomic mass is 32.2. The maximum Gasteiger partial charge on any atom is 0.273 e. The van der Waals surface area contributed by atoms with Crippen LogP contribution >= 0.6 is 0 Å². The van der Waals surface area contributed by atoms with Crippen molar-refractivity contribution >= 4 is 15.7 Å². The summed E-state index contributed by atoms with van der Waals surface area (Å²) < 4.78 is 23.8. The molecule has 0 saturated heterocycles. The molecule has 1 unspecified atom stereocenters. The monoisotopic (exact) mass is 271 g/mol. The van der Waals surface area contributed by atoms with E-state index in [2.05, 4.69) is 15.6 Å². The normalized spacial score (nSPS) is 21.1. The number of amides is 1. The lowest BCUT2D eigenvalue weighted by atomic mass is 10.3. The van der Waals surface area contributed by atoms with Crippen molar-refractivity contribution in [2.75, 3.05) is 12.3 Å². The van der Waals surface area contributed by atoms with Gasteiger partial charge in [-0.25, -0.2) is 8.42 Å². The third kappa shape index (κ3) is 2.93. The molecular formula is C9H13N5O3S. The third-order valence-electron chi connectivity index (χ3n) is 2.38. The molecule has 0 radical (unpaired) electrons. The number of hydrogen-bond acceptors (Lipinski definition) is 6. The standard InChI is InChI=1S/C9H13N5O3S/c10-2-3-14-5-8(12-13-14)9(15)11-7-1-4-18(16,17)6-7/h1,4-5,7H,2-3,6,10H2,(H,11,15). The highest BCUT2D eigenvalue weighted by Crippen LogP contribution is 2.08. The van der Waals surface area contributed by atoms with Crippen molar-refractivity contribution in [1.29, 1.82) is 0 Å². The summed E-state index contributed by atoms with van der Waals surface area (Å²) in [4.78, 5) is 11.7. The summed E-state index contributed by atoms with van der Waals surface area (Å²) in [6.07, 6.45) is 2.91. The molecule has 0 fully saturated rings. The van der Waals surface area contributed by atoms with Crippen molar-refractivity contribution in [2.45, 2.75) is 12.6 Å². The summed E-state index contributed by atoms with van der Waals surface area (Å²) in [7, 11) is -3.18. The second kappa shape index (κ2) is 4.86. The minimum Gasteiger partial charge on any atom is -0.343 e. The minimum atomic E-state index is -3.18. The number of hydrogen-bond donors (Lipinski definition) is 2. The largest absolute Gasteiger partial charge is 0.343 e. The number of carbonyl (C=O) groups excluding carboxylic acids is 1. The zero-order chi connectivity index (χ0) is 13.2. The summed E-state index contributed by atoms with van der Waals surface area (Å²) in [5.74, 6) is -0.569. The summed E-state index contributed by atoms with van der Waals surface area (Å²) in [6.45, 7) is 0.867. The smallest absolute Gasteiger partial charge is 0.273 e. The quantitative estimate of drug-likeness (QED) is 0.672. The fraction of sp³-hybridized carbons (Fsp3) is 0.444. The van der Waals surface area contributed by atoms with Gasteiger partial charge in [-0.2, -0.15) is 0 Å². The van der Waals surface area contributed by atoms with E-state index in [4.69, 9.17) is 5.73 Å². The van der Waals surface area contributed by atoms with Gasteiger partial charge >= 0.3 is 0 Å². The predicted molar refractivity (Wildman–Crippen MR) is 63.3 cm³/mol. The lowest BCUT2D eigenvalue weighted by molar-refractivity contribution is 0.0942. The molecule has 0 spiro atoms. The van der Waals surface area contributed by atoms with Crippen molar-refractivity contribution in [3.8, 4) is 0 Å². The Morgan fingerprint density at radius 1 is 1.61 bits per heavy atom. The molecule has 0 aliphatic carbocycles. The molecule has 0 bridgehead atoms. The van der Waals surface area contributed by atoms with Crippen LogP contribution in [0.2, 0.25) is 0 Å². The Hall–Kier alpha value is -1.74. The van der Waals surface area contributed by atoms with Gasteiger partial charge in [0.2, 0.25) is 0 Å². The van der Waals surface area contributed by atoms with Gasteiger partial charge in [0.15, 0.2) is 15.5 Å². The average Bonchev–Trinajstić information content (AvgIpc) is 2.86. The predicted octanol–water partition coefficient (Wildman–Crippen LogP) is -1.72. The number of aromatic nitrogens is 3. The van der Waals surface area contributed by atoms with Crippen LogP contribution < -0.4 is 11.1 Å². The van der Waals surface area contributed by atoms with Gasteiger partial charge in [0, 0.05) is 12.0 Å². The molecule has 1 aromatic heterocycles. The molecule has 18 heavy (non-hydrogen) atoms. The van der Waals surface area contributed by atoms with Crippen molar-refractivity contribution < 1.29 is 13.2 Å². The first-order chi connectivity index (χ1) is 8.50. The highest BCUT2D eigenvalue weighted by Gasteiger charge is 2.24. The molecule has 98 valence electrons. The molecule has 8 nitrogen and oxygen atoms in total. The van der Waals surface area contributed by atoms with Crippen molar-refractivity contribution in [1.82, 2.24) is 20.3 Å². The fourth-order valence-corrected chi connectivity index (χ4v) is 2.79.